The largest absolute Gasteiger partial charge is 0.365 e. The van der Waals surface area contributed by atoms with Gasteiger partial charge in [0.25, 0.3) is 0 Å². The molecule has 0 aromatic rings. The lowest BCUT2D eigenvalue weighted by atomic mass is 9.45. The second-order valence-electron chi connectivity index (χ2n) is 11.2. The molecule has 0 radical (unpaired) electrons. The number of allylic oxidation sites excluding steroid dienone is 1. The monoisotopic (exact) mass is 438 g/mol. The van der Waals surface area contributed by atoms with Crippen LogP contribution in [0.4, 0.5) is 0 Å². The molecule has 5 aliphatic rings. The normalized spacial score (nSPS) is 46.7. The first-order chi connectivity index (χ1) is 14.4. The smallest absolute Gasteiger partial charge is 0.169 e. The molecule has 0 aromatic carbocycles. The van der Waals surface area contributed by atoms with Crippen LogP contribution in [0.1, 0.15) is 79.6 Å². The van der Waals surface area contributed by atoms with Gasteiger partial charge in [0.05, 0.1) is 13.2 Å². The average molecular weight is 439 g/mol. The maximum absolute atomic E-state index is 11.5. The Morgan fingerprint density at radius 1 is 0.935 bits per heavy atom. The molecule has 3 saturated carbocycles. The predicted octanol–water partition coefficient (Wildman–Crippen LogP) is 3.33. The van der Waals surface area contributed by atoms with Gasteiger partial charge in [0, 0.05) is 31.1 Å². The summed E-state index contributed by atoms with van der Waals surface area (Å²) < 4.78 is 12.0. The molecule has 1 aliphatic heterocycles. The molecule has 1 saturated heterocycles. The van der Waals surface area contributed by atoms with Gasteiger partial charge in [-0.3, -0.25) is 0 Å². The van der Waals surface area contributed by atoms with Crippen molar-refractivity contribution in [2.45, 2.75) is 96.9 Å². The Morgan fingerprint density at radius 2 is 1.58 bits per heavy atom. The van der Waals surface area contributed by atoms with E-state index in [0.29, 0.717) is 32.0 Å². The van der Waals surface area contributed by atoms with Crippen molar-refractivity contribution in [1.29, 1.82) is 0 Å². The molecular weight excluding hydrogens is 396 g/mol. The topological polar surface area (TPSA) is 99.4 Å². The molecule has 6 nitrogen and oxygen atoms in total. The highest BCUT2D eigenvalue weighted by atomic mass is 16.7. The van der Waals surface area contributed by atoms with Crippen LogP contribution in [-0.4, -0.2) is 51.0 Å². The van der Waals surface area contributed by atoms with Gasteiger partial charge in [-0.2, -0.15) is 0 Å². The number of fused-ring (bicyclic) bond motifs is 5. The molecule has 6 atom stereocenters. The molecular formula is C25H42O6. The Labute approximate surface area is 186 Å². The Hall–Kier alpha value is -0.500. The number of hydrogen-bond acceptors (Lipinski definition) is 6. The minimum atomic E-state index is -1.80. The molecule has 0 spiro atoms. The van der Waals surface area contributed by atoms with E-state index in [0.717, 1.165) is 24.8 Å². The van der Waals surface area contributed by atoms with E-state index in [1.165, 1.54) is 0 Å². The van der Waals surface area contributed by atoms with Crippen molar-refractivity contribution in [2.24, 2.45) is 34.5 Å². The minimum absolute atomic E-state index is 0.134. The summed E-state index contributed by atoms with van der Waals surface area (Å²) in [4.78, 5) is 0. The van der Waals surface area contributed by atoms with E-state index >= 15 is 0 Å². The van der Waals surface area contributed by atoms with Crippen LogP contribution in [0.3, 0.4) is 0 Å². The second-order valence-corrected chi connectivity index (χ2v) is 11.2. The molecule has 0 aromatic heterocycles. The molecule has 6 heteroatoms. The summed E-state index contributed by atoms with van der Waals surface area (Å²) in [6, 6.07) is 0. The molecule has 4 N–H and O–H groups in total. The van der Waals surface area contributed by atoms with E-state index in [9.17, 15) is 20.4 Å². The van der Waals surface area contributed by atoms with Crippen LogP contribution < -0.4 is 0 Å². The molecule has 5 rings (SSSR count). The van der Waals surface area contributed by atoms with Gasteiger partial charge in [-0.1, -0.05) is 39.3 Å². The van der Waals surface area contributed by atoms with Gasteiger partial charge < -0.3 is 29.9 Å². The van der Waals surface area contributed by atoms with Gasteiger partial charge in [0.15, 0.2) is 17.4 Å². The molecule has 1 heterocycles. The standard InChI is InChI=1S/C23H36O6.C2H6/c1-19-8-9-22(24,25)12-14(19)4-5-15-16-6-7-17(21(3)28-10-11-29-21)20(16,2)13-23(26,27)18(15)19;1-2/h4,15-18,24-27H,5-13H2,1-3H3;1-2H3. The third-order valence-corrected chi connectivity index (χ3v) is 9.56. The van der Waals surface area contributed by atoms with Gasteiger partial charge in [0.1, 0.15) is 0 Å². The van der Waals surface area contributed by atoms with Gasteiger partial charge in [-0.05, 0) is 55.3 Å². The highest BCUT2D eigenvalue weighted by molar-refractivity contribution is 5.28. The van der Waals surface area contributed by atoms with Crippen molar-refractivity contribution in [2.75, 3.05) is 13.2 Å². The fourth-order valence-electron chi connectivity index (χ4n) is 8.50. The first-order valence-corrected chi connectivity index (χ1v) is 12.3. The zero-order chi connectivity index (χ0) is 22.9. The maximum atomic E-state index is 11.5. The highest BCUT2D eigenvalue weighted by Gasteiger charge is 2.69. The van der Waals surface area contributed by atoms with Crippen molar-refractivity contribution in [3.8, 4) is 0 Å². The van der Waals surface area contributed by atoms with E-state index in [2.05, 4.69) is 19.9 Å². The van der Waals surface area contributed by atoms with Crippen LogP contribution in [-0.2, 0) is 9.47 Å². The summed E-state index contributed by atoms with van der Waals surface area (Å²) in [6.45, 7) is 11.5. The van der Waals surface area contributed by atoms with Crippen molar-refractivity contribution in [1.82, 2.24) is 0 Å². The van der Waals surface area contributed by atoms with Gasteiger partial charge >= 0.3 is 0 Å². The highest BCUT2D eigenvalue weighted by Crippen LogP contribution is 2.70. The van der Waals surface area contributed by atoms with Crippen molar-refractivity contribution >= 4 is 0 Å². The third kappa shape index (κ3) is 3.44. The number of ether oxygens (including phenoxy) is 2. The summed E-state index contributed by atoms with van der Waals surface area (Å²) in [7, 11) is 0. The van der Waals surface area contributed by atoms with E-state index in [4.69, 9.17) is 9.47 Å². The van der Waals surface area contributed by atoms with Gasteiger partial charge in [0.2, 0.25) is 0 Å². The van der Waals surface area contributed by atoms with E-state index < -0.39 is 22.8 Å². The molecule has 178 valence electrons. The van der Waals surface area contributed by atoms with Crippen LogP contribution >= 0.6 is 0 Å². The Morgan fingerprint density at radius 3 is 2.23 bits per heavy atom. The quantitative estimate of drug-likeness (QED) is 0.370. The summed E-state index contributed by atoms with van der Waals surface area (Å²) in [5.74, 6) is -3.75. The molecule has 4 aliphatic carbocycles. The summed E-state index contributed by atoms with van der Waals surface area (Å²) in [5, 5.41) is 43.3. The predicted molar refractivity (Wildman–Crippen MR) is 117 cm³/mol. The maximum Gasteiger partial charge on any atom is 0.169 e. The third-order valence-electron chi connectivity index (χ3n) is 9.56. The first kappa shape index (κ1) is 23.7. The fraction of sp³-hybridized carbons (Fsp3) is 0.920. The lowest BCUT2D eigenvalue weighted by Crippen LogP contribution is -2.64. The number of aliphatic hydroxyl groups is 4. The zero-order valence-corrected chi connectivity index (χ0v) is 19.9. The van der Waals surface area contributed by atoms with Crippen LogP contribution in [0, 0.1) is 34.5 Å². The summed E-state index contributed by atoms with van der Waals surface area (Å²) >= 11 is 0. The lowest BCUT2D eigenvalue weighted by Gasteiger charge is -2.63. The molecule has 31 heavy (non-hydrogen) atoms. The molecule has 0 amide bonds. The molecule has 0 bridgehead atoms. The van der Waals surface area contributed by atoms with Crippen molar-refractivity contribution < 1.29 is 29.9 Å². The summed E-state index contributed by atoms with van der Waals surface area (Å²) in [6.07, 6.45) is 6.29. The average Bonchev–Trinajstić information content (AvgIpc) is 3.26. The number of rotatable bonds is 1. The van der Waals surface area contributed by atoms with Crippen molar-refractivity contribution in [3.63, 3.8) is 0 Å². The molecule has 4 fully saturated rings. The summed E-state index contributed by atoms with van der Waals surface area (Å²) in [5.41, 5.74) is 0.304. The molecule has 6 unspecified atom stereocenters. The van der Waals surface area contributed by atoms with E-state index in [1.807, 2.05) is 20.8 Å². The van der Waals surface area contributed by atoms with Crippen LogP contribution in [0.15, 0.2) is 11.6 Å². The zero-order valence-electron chi connectivity index (χ0n) is 19.9. The van der Waals surface area contributed by atoms with Crippen LogP contribution in [0.25, 0.3) is 0 Å². The fourth-order valence-corrected chi connectivity index (χ4v) is 8.50. The van der Waals surface area contributed by atoms with Gasteiger partial charge in [-0.15, -0.1) is 0 Å². The van der Waals surface area contributed by atoms with E-state index in [-0.39, 0.29) is 36.0 Å². The minimum Gasteiger partial charge on any atom is -0.365 e. The van der Waals surface area contributed by atoms with Crippen molar-refractivity contribution in [3.05, 3.63) is 11.6 Å². The van der Waals surface area contributed by atoms with Crippen LogP contribution in [0.2, 0.25) is 0 Å². The SMILES string of the molecule is CC.CC1(C2CCC3C4CC=C5CC(O)(O)CCC5(C)C4C(O)(O)CC32C)OCCO1. The van der Waals surface area contributed by atoms with Crippen LogP contribution in [0.5, 0.6) is 0 Å². The second kappa shape index (κ2) is 7.51. The van der Waals surface area contributed by atoms with Gasteiger partial charge in [-0.25, -0.2) is 0 Å². The number of hydrogen-bond donors (Lipinski definition) is 4. The lowest BCUT2D eigenvalue weighted by molar-refractivity contribution is -0.310. The first-order valence-electron chi connectivity index (χ1n) is 12.3. The Kier molecular flexibility index (Phi) is 5.73. The van der Waals surface area contributed by atoms with E-state index in [1.54, 1.807) is 0 Å². The Balaban J connectivity index is 0.00000112. The Bertz CT molecular complexity index is 724.